The lowest BCUT2D eigenvalue weighted by molar-refractivity contribution is -0.137. The zero-order valence-electron chi connectivity index (χ0n) is 12.6. The zero-order chi connectivity index (χ0) is 15.9. The van der Waals surface area contributed by atoms with Gasteiger partial charge < -0.3 is 4.74 Å². The van der Waals surface area contributed by atoms with Gasteiger partial charge in [0.15, 0.2) is 5.78 Å². The van der Waals surface area contributed by atoms with E-state index in [-0.39, 0.29) is 11.8 Å². The van der Waals surface area contributed by atoms with Crippen molar-refractivity contribution in [1.82, 2.24) is 4.98 Å². The van der Waals surface area contributed by atoms with Crippen LogP contribution in [0.2, 0.25) is 0 Å². The highest BCUT2D eigenvalue weighted by Crippen LogP contribution is 2.16. The Balaban J connectivity index is 2.17. The predicted molar refractivity (Wildman–Crippen MR) is 84.4 cm³/mol. The van der Waals surface area contributed by atoms with Gasteiger partial charge in [-0.25, -0.2) is 4.79 Å². The van der Waals surface area contributed by atoms with E-state index in [1.807, 2.05) is 19.1 Å². The highest BCUT2D eigenvalue weighted by atomic mass is 16.5. The van der Waals surface area contributed by atoms with Crippen LogP contribution in [0.4, 0.5) is 0 Å². The number of ether oxygens (including phenoxy) is 1. The fourth-order valence-corrected chi connectivity index (χ4v) is 1.99. The van der Waals surface area contributed by atoms with Gasteiger partial charge in [0.05, 0.1) is 6.61 Å². The van der Waals surface area contributed by atoms with Crippen molar-refractivity contribution in [2.24, 2.45) is 0 Å². The van der Waals surface area contributed by atoms with Crippen molar-refractivity contribution in [2.75, 3.05) is 6.61 Å². The first kappa shape index (κ1) is 15.6. The molecule has 1 aromatic carbocycles. The van der Waals surface area contributed by atoms with Crippen molar-refractivity contribution in [2.45, 2.75) is 13.8 Å². The van der Waals surface area contributed by atoms with Crippen molar-refractivity contribution in [3.05, 3.63) is 71.6 Å². The molecule has 0 bridgehead atoms. The Hall–Kier alpha value is -2.75. The van der Waals surface area contributed by atoms with Crippen LogP contribution in [0, 0.1) is 0 Å². The lowest BCUT2D eigenvalue weighted by Crippen LogP contribution is -2.02. The second kappa shape index (κ2) is 7.31. The lowest BCUT2D eigenvalue weighted by atomic mass is 10.0. The molecule has 0 saturated heterocycles. The minimum Gasteiger partial charge on any atom is -0.463 e. The molecule has 0 spiro atoms. The second-order valence-electron chi connectivity index (χ2n) is 4.73. The Morgan fingerprint density at radius 3 is 2.36 bits per heavy atom. The van der Waals surface area contributed by atoms with E-state index in [9.17, 15) is 9.59 Å². The normalized spacial score (nSPS) is 11.1. The highest BCUT2D eigenvalue weighted by Gasteiger charge is 2.09. The quantitative estimate of drug-likeness (QED) is 0.482. The summed E-state index contributed by atoms with van der Waals surface area (Å²) in [6.07, 6.45) is 4.62. The van der Waals surface area contributed by atoms with Crippen LogP contribution < -0.4 is 0 Å². The summed E-state index contributed by atoms with van der Waals surface area (Å²) >= 11 is 0. The van der Waals surface area contributed by atoms with Crippen LogP contribution >= 0.6 is 0 Å². The standard InChI is InChI=1S/C18H17NO3/c1-3-22-17(20)11-13(2)14-6-8-15(9-7-14)18(21)16-5-4-10-19-12-16/h4-12H,3H2,1-2H3. The maximum absolute atomic E-state index is 12.3. The molecule has 0 unspecified atom stereocenters. The van der Waals surface area contributed by atoms with Gasteiger partial charge in [0, 0.05) is 29.6 Å². The number of pyridine rings is 1. The SMILES string of the molecule is CCOC(=O)C=C(C)c1ccc(C(=O)c2cccnc2)cc1. The lowest BCUT2D eigenvalue weighted by Gasteiger charge is -2.04. The van der Waals surface area contributed by atoms with Crippen LogP contribution in [-0.2, 0) is 9.53 Å². The number of rotatable bonds is 5. The number of hydrogen-bond donors (Lipinski definition) is 0. The molecule has 2 aromatic rings. The number of esters is 1. The van der Waals surface area contributed by atoms with Gasteiger partial charge in [-0.15, -0.1) is 0 Å². The number of benzene rings is 1. The molecule has 0 radical (unpaired) electrons. The van der Waals surface area contributed by atoms with Gasteiger partial charge in [0.1, 0.15) is 0 Å². The van der Waals surface area contributed by atoms with Crippen molar-refractivity contribution in [3.63, 3.8) is 0 Å². The van der Waals surface area contributed by atoms with Gasteiger partial charge in [-0.05, 0) is 37.1 Å². The van der Waals surface area contributed by atoms with E-state index in [2.05, 4.69) is 4.98 Å². The Morgan fingerprint density at radius 1 is 1.09 bits per heavy atom. The molecule has 1 aromatic heterocycles. The number of carbonyl (C=O) groups is 2. The highest BCUT2D eigenvalue weighted by molar-refractivity contribution is 6.08. The van der Waals surface area contributed by atoms with Crippen LogP contribution in [0.1, 0.15) is 35.3 Å². The van der Waals surface area contributed by atoms with E-state index in [4.69, 9.17) is 4.74 Å². The first-order chi connectivity index (χ1) is 10.6. The van der Waals surface area contributed by atoms with Crippen molar-refractivity contribution >= 4 is 17.3 Å². The predicted octanol–water partition coefficient (Wildman–Crippen LogP) is 3.28. The molecule has 0 aliphatic heterocycles. The molecular formula is C18H17NO3. The number of aromatic nitrogens is 1. The molecular weight excluding hydrogens is 278 g/mol. The number of ketones is 1. The monoisotopic (exact) mass is 295 g/mol. The Morgan fingerprint density at radius 2 is 1.77 bits per heavy atom. The van der Waals surface area contributed by atoms with E-state index >= 15 is 0 Å². The van der Waals surface area contributed by atoms with Crippen molar-refractivity contribution < 1.29 is 14.3 Å². The van der Waals surface area contributed by atoms with Gasteiger partial charge in [-0.3, -0.25) is 9.78 Å². The topological polar surface area (TPSA) is 56.3 Å². The molecule has 0 N–H and O–H groups in total. The van der Waals surface area contributed by atoms with Crippen molar-refractivity contribution in [3.8, 4) is 0 Å². The fraction of sp³-hybridized carbons (Fsp3) is 0.167. The van der Waals surface area contributed by atoms with E-state index in [1.165, 1.54) is 6.08 Å². The molecule has 4 heteroatoms. The van der Waals surface area contributed by atoms with Gasteiger partial charge >= 0.3 is 5.97 Å². The van der Waals surface area contributed by atoms with Gasteiger partial charge in [-0.1, -0.05) is 24.3 Å². The van der Waals surface area contributed by atoms with Gasteiger partial charge in [0.2, 0.25) is 0 Å². The Labute approximate surface area is 129 Å². The summed E-state index contributed by atoms with van der Waals surface area (Å²) in [4.78, 5) is 27.6. The van der Waals surface area contributed by atoms with E-state index in [0.29, 0.717) is 17.7 Å². The third-order valence-corrected chi connectivity index (χ3v) is 3.15. The summed E-state index contributed by atoms with van der Waals surface area (Å²) in [7, 11) is 0. The molecule has 0 atom stereocenters. The molecule has 0 saturated carbocycles. The van der Waals surface area contributed by atoms with Crippen LogP contribution in [0.15, 0.2) is 54.9 Å². The summed E-state index contributed by atoms with van der Waals surface area (Å²) in [6, 6.07) is 10.6. The number of hydrogen-bond acceptors (Lipinski definition) is 4. The molecule has 1 heterocycles. The maximum atomic E-state index is 12.3. The molecule has 0 fully saturated rings. The molecule has 4 nitrogen and oxygen atoms in total. The summed E-state index contributed by atoms with van der Waals surface area (Å²) in [5.41, 5.74) is 2.80. The molecule has 0 amide bonds. The zero-order valence-corrected chi connectivity index (χ0v) is 12.6. The Kier molecular flexibility index (Phi) is 5.20. The van der Waals surface area contributed by atoms with Crippen LogP contribution in [0.25, 0.3) is 5.57 Å². The summed E-state index contributed by atoms with van der Waals surface area (Å²) in [5, 5.41) is 0. The van der Waals surface area contributed by atoms with Crippen molar-refractivity contribution in [1.29, 1.82) is 0 Å². The molecule has 0 aliphatic carbocycles. The molecule has 2 rings (SSSR count). The second-order valence-corrected chi connectivity index (χ2v) is 4.73. The van der Waals surface area contributed by atoms with Crippen LogP contribution in [0.5, 0.6) is 0 Å². The molecule has 0 aliphatic rings. The number of nitrogens with zero attached hydrogens (tertiary/aromatic N) is 1. The average Bonchev–Trinajstić information content (AvgIpc) is 2.55. The average molecular weight is 295 g/mol. The van der Waals surface area contributed by atoms with E-state index in [1.54, 1.807) is 43.6 Å². The summed E-state index contributed by atoms with van der Waals surface area (Å²) in [5.74, 6) is -0.442. The third-order valence-electron chi connectivity index (χ3n) is 3.15. The third kappa shape index (κ3) is 3.88. The summed E-state index contributed by atoms with van der Waals surface area (Å²) < 4.78 is 4.88. The van der Waals surface area contributed by atoms with E-state index in [0.717, 1.165) is 11.1 Å². The minimum absolute atomic E-state index is 0.0772. The Bertz CT molecular complexity index is 688. The molecule has 22 heavy (non-hydrogen) atoms. The minimum atomic E-state index is -0.365. The van der Waals surface area contributed by atoms with Gasteiger partial charge in [-0.2, -0.15) is 0 Å². The maximum Gasteiger partial charge on any atom is 0.331 e. The van der Waals surface area contributed by atoms with Gasteiger partial charge in [0.25, 0.3) is 0 Å². The molecule has 112 valence electrons. The number of carbonyl (C=O) groups excluding carboxylic acids is 2. The smallest absolute Gasteiger partial charge is 0.331 e. The fourth-order valence-electron chi connectivity index (χ4n) is 1.99. The number of allylic oxidation sites excluding steroid dienone is 1. The van der Waals surface area contributed by atoms with Crippen LogP contribution in [0.3, 0.4) is 0 Å². The summed E-state index contributed by atoms with van der Waals surface area (Å²) in [6.45, 7) is 3.94. The van der Waals surface area contributed by atoms with Crippen LogP contribution in [-0.4, -0.2) is 23.3 Å². The van der Waals surface area contributed by atoms with E-state index < -0.39 is 0 Å². The largest absolute Gasteiger partial charge is 0.463 e. The first-order valence-electron chi connectivity index (χ1n) is 7.02. The first-order valence-corrected chi connectivity index (χ1v) is 7.02.